The van der Waals surface area contributed by atoms with Crippen LogP contribution in [0.5, 0.6) is 0 Å². The number of piperazine rings is 1. The molecule has 0 aromatic rings. The highest BCUT2D eigenvalue weighted by atomic mass is 16.2. The van der Waals surface area contributed by atoms with E-state index in [1.807, 2.05) is 0 Å². The van der Waals surface area contributed by atoms with Crippen molar-refractivity contribution in [2.75, 3.05) is 52.4 Å². The Hall–Kier alpha value is -0.810. The average molecular weight is 280 g/mol. The minimum absolute atomic E-state index is 0.287. The molecule has 3 heterocycles. The van der Waals surface area contributed by atoms with Crippen molar-refractivity contribution in [3.63, 3.8) is 0 Å². The molecule has 0 unspecified atom stereocenters. The van der Waals surface area contributed by atoms with Gasteiger partial charge in [0.1, 0.15) is 0 Å². The van der Waals surface area contributed by atoms with Crippen LogP contribution in [0, 0.1) is 0 Å². The minimum Gasteiger partial charge on any atom is -0.325 e. The third-order valence-corrected chi connectivity index (χ3v) is 5.04. The molecule has 5 nitrogen and oxygen atoms in total. The van der Waals surface area contributed by atoms with Crippen molar-refractivity contribution < 1.29 is 4.79 Å². The Labute approximate surface area is 122 Å². The van der Waals surface area contributed by atoms with E-state index in [1.165, 1.54) is 32.1 Å². The number of rotatable bonds is 1. The molecule has 114 valence electrons. The molecule has 0 bridgehead atoms. The van der Waals surface area contributed by atoms with Crippen LogP contribution in [-0.4, -0.2) is 79.1 Å². The van der Waals surface area contributed by atoms with Gasteiger partial charge in [-0.25, -0.2) is 4.79 Å². The summed E-state index contributed by atoms with van der Waals surface area (Å²) in [5.74, 6) is 0. The first-order valence-electron chi connectivity index (χ1n) is 8.33. The van der Waals surface area contributed by atoms with Gasteiger partial charge in [-0.15, -0.1) is 0 Å². The lowest BCUT2D eigenvalue weighted by molar-refractivity contribution is 0.0777. The molecule has 20 heavy (non-hydrogen) atoms. The predicted octanol–water partition coefficient (Wildman–Crippen LogP) is 0.962. The van der Waals surface area contributed by atoms with Crippen LogP contribution in [0.25, 0.3) is 0 Å². The van der Waals surface area contributed by atoms with Crippen LogP contribution >= 0.6 is 0 Å². The molecule has 0 aromatic heterocycles. The maximum Gasteiger partial charge on any atom is 0.320 e. The van der Waals surface area contributed by atoms with Gasteiger partial charge in [-0.1, -0.05) is 0 Å². The van der Waals surface area contributed by atoms with Gasteiger partial charge in [0, 0.05) is 45.3 Å². The van der Waals surface area contributed by atoms with E-state index >= 15 is 0 Å². The normalized spacial score (nSPS) is 26.8. The first-order chi connectivity index (χ1) is 9.84. The summed E-state index contributed by atoms with van der Waals surface area (Å²) in [6.45, 7) is 8.18. The molecule has 3 aliphatic rings. The van der Waals surface area contributed by atoms with E-state index in [9.17, 15) is 4.79 Å². The van der Waals surface area contributed by atoms with Crippen LogP contribution in [0.15, 0.2) is 0 Å². The fourth-order valence-electron chi connectivity index (χ4n) is 3.74. The number of amides is 2. The van der Waals surface area contributed by atoms with Gasteiger partial charge < -0.3 is 15.1 Å². The molecular weight excluding hydrogens is 252 g/mol. The second-order valence-corrected chi connectivity index (χ2v) is 6.33. The fourth-order valence-corrected chi connectivity index (χ4v) is 3.74. The van der Waals surface area contributed by atoms with Gasteiger partial charge in [0.2, 0.25) is 0 Å². The zero-order valence-electron chi connectivity index (χ0n) is 12.5. The van der Waals surface area contributed by atoms with Gasteiger partial charge in [0.05, 0.1) is 0 Å². The van der Waals surface area contributed by atoms with E-state index in [0.717, 1.165) is 58.4 Å². The van der Waals surface area contributed by atoms with Crippen molar-refractivity contribution in [1.29, 1.82) is 0 Å². The number of carbonyl (C=O) groups is 1. The van der Waals surface area contributed by atoms with Crippen molar-refractivity contribution in [1.82, 2.24) is 20.0 Å². The van der Waals surface area contributed by atoms with Gasteiger partial charge in [0.15, 0.2) is 0 Å². The largest absolute Gasteiger partial charge is 0.325 e. The van der Waals surface area contributed by atoms with E-state index in [-0.39, 0.29) is 6.03 Å². The van der Waals surface area contributed by atoms with Crippen molar-refractivity contribution in [2.45, 2.75) is 38.1 Å². The molecule has 3 saturated heterocycles. The maximum atomic E-state index is 12.5. The van der Waals surface area contributed by atoms with Crippen molar-refractivity contribution in [3.8, 4) is 0 Å². The molecule has 0 atom stereocenters. The molecule has 2 amide bonds. The number of carbonyl (C=O) groups excluding carboxylic acids is 1. The van der Waals surface area contributed by atoms with E-state index in [4.69, 9.17) is 0 Å². The van der Waals surface area contributed by atoms with Crippen LogP contribution in [-0.2, 0) is 0 Å². The lowest BCUT2D eigenvalue weighted by Gasteiger charge is -2.42. The van der Waals surface area contributed by atoms with Crippen LogP contribution < -0.4 is 5.32 Å². The van der Waals surface area contributed by atoms with E-state index in [1.54, 1.807) is 0 Å². The van der Waals surface area contributed by atoms with Gasteiger partial charge in [-0.05, 0) is 45.2 Å². The van der Waals surface area contributed by atoms with Gasteiger partial charge in [-0.3, -0.25) is 4.90 Å². The Kier molecular flexibility index (Phi) is 4.78. The van der Waals surface area contributed by atoms with Gasteiger partial charge >= 0.3 is 6.03 Å². The number of nitrogens with one attached hydrogen (secondary N) is 1. The second-order valence-electron chi connectivity index (χ2n) is 6.33. The third kappa shape index (κ3) is 3.26. The zero-order chi connectivity index (χ0) is 13.8. The molecule has 3 fully saturated rings. The summed E-state index contributed by atoms with van der Waals surface area (Å²) in [7, 11) is 0. The minimum atomic E-state index is 0.287. The van der Waals surface area contributed by atoms with Crippen molar-refractivity contribution >= 4 is 6.03 Å². The molecule has 0 saturated carbocycles. The number of likely N-dealkylation sites (tertiary alicyclic amines) is 1. The molecule has 5 heteroatoms. The van der Waals surface area contributed by atoms with E-state index in [2.05, 4.69) is 20.0 Å². The Morgan fingerprint density at radius 2 is 1.40 bits per heavy atom. The summed E-state index contributed by atoms with van der Waals surface area (Å²) in [6, 6.07) is 1.03. The summed E-state index contributed by atoms with van der Waals surface area (Å²) >= 11 is 0. The van der Waals surface area contributed by atoms with Crippen LogP contribution in [0.1, 0.15) is 32.1 Å². The Morgan fingerprint density at radius 1 is 0.800 bits per heavy atom. The van der Waals surface area contributed by atoms with E-state index < -0.39 is 0 Å². The summed E-state index contributed by atoms with van der Waals surface area (Å²) in [5, 5.41) is 3.43. The lowest BCUT2D eigenvalue weighted by Crippen LogP contribution is -2.56. The highest BCUT2D eigenvalue weighted by Crippen LogP contribution is 2.17. The van der Waals surface area contributed by atoms with E-state index in [0.29, 0.717) is 0 Å². The smallest absolute Gasteiger partial charge is 0.320 e. The molecule has 0 radical (unpaired) electrons. The highest BCUT2D eigenvalue weighted by Gasteiger charge is 2.29. The number of urea groups is 1. The Morgan fingerprint density at radius 3 is 2.05 bits per heavy atom. The molecule has 1 N–H and O–H groups in total. The van der Waals surface area contributed by atoms with Crippen molar-refractivity contribution in [2.24, 2.45) is 0 Å². The van der Waals surface area contributed by atoms with Crippen LogP contribution in [0.4, 0.5) is 4.79 Å². The quantitative estimate of drug-likeness (QED) is 0.778. The molecule has 0 spiro atoms. The van der Waals surface area contributed by atoms with Crippen molar-refractivity contribution in [3.05, 3.63) is 0 Å². The Bertz CT molecular complexity index is 316. The fraction of sp³-hybridized carbons (Fsp3) is 0.933. The summed E-state index contributed by atoms with van der Waals surface area (Å²) in [5.41, 5.74) is 0. The monoisotopic (exact) mass is 280 g/mol. The summed E-state index contributed by atoms with van der Waals surface area (Å²) < 4.78 is 0. The zero-order valence-corrected chi connectivity index (χ0v) is 12.5. The highest BCUT2D eigenvalue weighted by molar-refractivity contribution is 5.74. The van der Waals surface area contributed by atoms with Gasteiger partial charge in [-0.2, -0.15) is 0 Å². The number of nitrogens with zero attached hydrogens (tertiary/aromatic N) is 3. The predicted molar refractivity (Wildman–Crippen MR) is 79.9 cm³/mol. The third-order valence-electron chi connectivity index (χ3n) is 5.04. The summed E-state index contributed by atoms with van der Waals surface area (Å²) in [4.78, 5) is 19.2. The molecule has 3 aliphatic heterocycles. The number of hydrogen-bond donors (Lipinski definition) is 1. The first-order valence-corrected chi connectivity index (χ1v) is 8.33. The maximum absolute atomic E-state index is 12.5. The average Bonchev–Trinajstić information content (AvgIpc) is 2.56. The molecule has 3 rings (SSSR count). The number of hydrogen-bond acceptors (Lipinski definition) is 3. The van der Waals surface area contributed by atoms with Gasteiger partial charge in [0.25, 0.3) is 0 Å². The van der Waals surface area contributed by atoms with Crippen LogP contribution in [0.2, 0.25) is 0 Å². The van der Waals surface area contributed by atoms with Crippen LogP contribution in [0.3, 0.4) is 0 Å². The molecule has 0 aromatic carbocycles. The Balaban J connectivity index is 1.46. The summed E-state index contributed by atoms with van der Waals surface area (Å²) in [6.07, 6.45) is 6.18. The number of piperidine rings is 2. The standard InChI is InChI=1S/C15H28N4O/c20-15(18-8-2-1-3-9-18)19-12-10-17(11-13-19)14-4-6-16-7-5-14/h14,16H,1-13H2. The molecule has 0 aliphatic carbocycles. The lowest BCUT2D eigenvalue weighted by atomic mass is 10.0. The molecular formula is C15H28N4O. The SMILES string of the molecule is O=C(N1CCCCC1)N1CCN(C2CCNCC2)CC1. The topological polar surface area (TPSA) is 38.8 Å². The first kappa shape index (κ1) is 14.1. The second kappa shape index (κ2) is 6.76.